The molecular weight excluding hydrogens is 1270 g/mol. The van der Waals surface area contributed by atoms with Gasteiger partial charge in [-0.15, -0.1) is 0 Å². The molecule has 1 amide bonds. The lowest BCUT2D eigenvalue weighted by Gasteiger charge is -2.27. The van der Waals surface area contributed by atoms with Crippen molar-refractivity contribution in [1.82, 2.24) is 5.32 Å². The predicted molar refractivity (Wildman–Crippen MR) is 449 cm³/mol. The largest absolute Gasteiger partial charge is 0.352 e. The predicted octanol–water partition coefficient (Wildman–Crippen LogP) is 26.6. The van der Waals surface area contributed by atoms with Crippen molar-refractivity contribution in [2.45, 2.75) is 279 Å². The van der Waals surface area contributed by atoms with E-state index in [0.717, 1.165) is 71.9 Å². The molecule has 7 atom stereocenters. The summed E-state index contributed by atoms with van der Waals surface area (Å²) in [5, 5.41) is 2.86. The summed E-state index contributed by atoms with van der Waals surface area (Å²) in [6, 6.07) is 74.2. The second-order valence-corrected chi connectivity index (χ2v) is 36.2. The van der Waals surface area contributed by atoms with Crippen molar-refractivity contribution in [2.75, 3.05) is 6.54 Å². The van der Waals surface area contributed by atoms with Gasteiger partial charge in [-0.05, 0) is 272 Å². The van der Waals surface area contributed by atoms with E-state index in [9.17, 15) is 9.59 Å². The van der Waals surface area contributed by atoms with Gasteiger partial charge in [0.05, 0.1) is 0 Å². The fourth-order valence-corrected chi connectivity index (χ4v) is 17.6. The Balaban J connectivity index is 0.000000127. The molecule has 0 aromatic heterocycles. The highest BCUT2D eigenvalue weighted by atomic mass is 16.1. The lowest BCUT2D eigenvalue weighted by Crippen LogP contribution is -2.32. The van der Waals surface area contributed by atoms with E-state index in [-0.39, 0.29) is 16.7 Å². The van der Waals surface area contributed by atoms with E-state index in [1.54, 1.807) is 77.9 Å². The molecule has 8 aliphatic carbocycles. The Morgan fingerprint density at radius 1 is 0.267 bits per heavy atom. The Labute approximate surface area is 636 Å². The van der Waals surface area contributed by atoms with Crippen molar-refractivity contribution in [2.24, 2.45) is 10.8 Å². The fourth-order valence-electron chi connectivity index (χ4n) is 17.6. The van der Waals surface area contributed by atoms with E-state index >= 15 is 0 Å². The lowest BCUT2D eigenvalue weighted by atomic mass is 9.77. The highest BCUT2D eigenvalue weighted by Gasteiger charge is 2.33. The van der Waals surface area contributed by atoms with E-state index in [2.05, 4.69) is 317 Å². The first-order valence-corrected chi connectivity index (χ1v) is 40.7. The molecule has 0 bridgehead atoms. The average molecular weight is 1400 g/mol. The molecule has 1 aliphatic heterocycles. The van der Waals surface area contributed by atoms with Gasteiger partial charge in [0, 0.05) is 24.1 Å². The highest BCUT2D eigenvalue weighted by Crippen LogP contribution is 2.46. The van der Waals surface area contributed by atoms with Crippen molar-refractivity contribution in [3.8, 4) is 0 Å². The smallest absolute Gasteiger partial charge is 0.251 e. The first-order chi connectivity index (χ1) is 50.0. The molecular formula is C102H129NO2. The van der Waals surface area contributed by atoms with Gasteiger partial charge < -0.3 is 5.32 Å². The molecule has 18 rings (SSSR count). The number of carbonyl (C=O) groups is 2. The zero-order valence-electron chi connectivity index (χ0n) is 67.7. The van der Waals surface area contributed by atoms with Gasteiger partial charge >= 0.3 is 0 Å². The molecule has 0 fully saturated rings. The Kier molecular flexibility index (Phi) is 27.1. The molecule has 9 aromatic rings. The second-order valence-electron chi connectivity index (χ2n) is 36.2. The Bertz CT molecular complexity index is 3960. The molecule has 0 spiro atoms. The van der Waals surface area contributed by atoms with E-state index in [1.807, 2.05) is 12.1 Å². The van der Waals surface area contributed by atoms with Gasteiger partial charge in [0.2, 0.25) is 0 Å². The Hall–Kier alpha value is -7.88. The first-order valence-electron chi connectivity index (χ1n) is 40.7. The number of ketones is 1. The minimum Gasteiger partial charge on any atom is -0.352 e. The van der Waals surface area contributed by atoms with Crippen LogP contribution in [0.2, 0.25) is 0 Å². The second kappa shape index (κ2) is 35.7. The third-order valence-electron chi connectivity index (χ3n) is 24.3. The van der Waals surface area contributed by atoms with Crippen molar-refractivity contribution >= 4 is 11.7 Å². The van der Waals surface area contributed by atoms with Gasteiger partial charge in [-0.1, -0.05) is 318 Å². The number of nitrogens with one attached hydrogen (secondary N) is 1. The maximum Gasteiger partial charge on any atom is 0.251 e. The van der Waals surface area contributed by atoms with Gasteiger partial charge in [-0.25, -0.2) is 0 Å². The molecule has 9 aromatic carbocycles. The summed E-state index contributed by atoms with van der Waals surface area (Å²) >= 11 is 0. The number of aryl methyl sites for hydroxylation is 8. The SMILES string of the molecule is CC(C)(C)C1CCc2ccccc21.CC(C)(C)C1CCc2ccccc21.CC(C)(C)c1ccc2c(c1)CCC2=O.CC(C)(C)c1ccc2c(c1)CCNC2=O.C[C@@H]1CCc2ccccc21.C[C@@H]1CCc2ccccc21.C[C@@H]1CCc2ccccc21.C[C@H]1CCc2ccccc21.C[C@H]1CCc2ccccc21. The summed E-state index contributed by atoms with van der Waals surface area (Å²) in [5.74, 6) is 5.92. The van der Waals surface area contributed by atoms with E-state index < -0.39 is 0 Å². The molecule has 1 heterocycles. The maximum absolute atomic E-state index is 11.5. The molecule has 105 heavy (non-hydrogen) atoms. The number of fused-ring (bicyclic) bond motifs is 9. The van der Waals surface area contributed by atoms with Crippen LogP contribution in [-0.4, -0.2) is 18.2 Å². The summed E-state index contributed by atoms with van der Waals surface area (Å²) < 4.78 is 0. The molecule has 3 heteroatoms. The highest BCUT2D eigenvalue weighted by molar-refractivity contribution is 6.00. The van der Waals surface area contributed by atoms with Crippen molar-refractivity contribution < 1.29 is 9.59 Å². The average Bonchev–Trinajstić information content (AvgIpc) is 1.76. The van der Waals surface area contributed by atoms with Crippen molar-refractivity contribution in [1.29, 1.82) is 0 Å². The summed E-state index contributed by atoms with van der Waals surface area (Å²) in [7, 11) is 0. The maximum atomic E-state index is 11.5. The number of amides is 1. The standard InChI is InChI=1S/C13H17NO.C13H16O.2C13H18.5C10H12/c1-13(2,3)10-4-5-11-9(8-10)6-7-14-12(11)15;1-13(2,3)10-5-6-11-9(8-10)4-7-12(11)14;2*1-13(2,3)12-9-8-10-6-4-5-7-11(10)12;5*1-8-6-7-9-4-2-3-5-10(8)9/h4-5,8H,6-7H2,1-3H3,(H,14,15);5-6,8H,4,7H2,1-3H3;2*4-7,12H,8-9H2,1-3H3;5*2-5,8H,6-7H2,1H3/t;;;;5*8-/m....11100/s1. The fraction of sp³-hybridized carbons (Fsp3) is 0.451. The van der Waals surface area contributed by atoms with E-state index in [0.29, 0.717) is 23.0 Å². The van der Waals surface area contributed by atoms with Crippen LogP contribution in [0.25, 0.3) is 0 Å². The van der Waals surface area contributed by atoms with Crippen LogP contribution in [0.4, 0.5) is 0 Å². The molecule has 0 saturated carbocycles. The Morgan fingerprint density at radius 3 is 0.810 bits per heavy atom. The zero-order valence-corrected chi connectivity index (χ0v) is 67.7. The zero-order chi connectivity index (χ0) is 75.2. The first kappa shape index (κ1) is 79.7. The third kappa shape index (κ3) is 21.1. The molecule has 1 N–H and O–H groups in total. The van der Waals surface area contributed by atoms with Crippen LogP contribution < -0.4 is 5.32 Å². The Morgan fingerprint density at radius 2 is 0.524 bits per heavy atom. The summed E-state index contributed by atoms with van der Waals surface area (Å²) in [6.07, 6.45) is 21.0. The molecule has 2 unspecified atom stereocenters. The van der Waals surface area contributed by atoms with Crippen molar-refractivity contribution in [3.63, 3.8) is 0 Å². The normalized spacial score (nSPS) is 20.5. The minimum atomic E-state index is 0.0664. The molecule has 0 saturated heterocycles. The topological polar surface area (TPSA) is 46.2 Å². The summed E-state index contributed by atoms with van der Waals surface area (Å²) in [6.45, 7) is 39.6. The lowest BCUT2D eigenvalue weighted by molar-refractivity contribution is 0.0944. The number of benzene rings is 9. The number of carbonyl (C=O) groups excluding carboxylic acids is 2. The van der Waals surface area contributed by atoms with Crippen LogP contribution in [0, 0.1) is 10.8 Å². The summed E-state index contributed by atoms with van der Waals surface area (Å²) in [4.78, 5) is 23.0. The number of hydrogen-bond donors (Lipinski definition) is 1. The van der Waals surface area contributed by atoms with Crippen LogP contribution in [0.1, 0.15) is 331 Å². The van der Waals surface area contributed by atoms with Crippen LogP contribution in [0.15, 0.2) is 206 Å². The molecule has 3 nitrogen and oxygen atoms in total. The monoisotopic (exact) mass is 1400 g/mol. The molecule has 0 radical (unpaired) electrons. The van der Waals surface area contributed by atoms with Crippen LogP contribution in [0.3, 0.4) is 0 Å². The van der Waals surface area contributed by atoms with Gasteiger partial charge in [-0.2, -0.15) is 0 Å². The van der Waals surface area contributed by atoms with Gasteiger partial charge in [0.25, 0.3) is 5.91 Å². The van der Waals surface area contributed by atoms with Gasteiger partial charge in [-0.3, -0.25) is 9.59 Å². The van der Waals surface area contributed by atoms with Crippen LogP contribution in [0.5, 0.6) is 0 Å². The number of hydrogen-bond acceptors (Lipinski definition) is 2. The van der Waals surface area contributed by atoms with E-state index in [4.69, 9.17) is 0 Å². The van der Waals surface area contributed by atoms with Crippen molar-refractivity contribution in [3.05, 3.63) is 318 Å². The van der Waals surface area contributed by atoms with Crippen LogP contribution >= 0.6 is 0 Å². The third-order valence-corrected chi connectivity index (χ3v) is 24.3. The minimum absolute atomic E-state index is 0.0664. The van der Waals surface area contributed by atoms with Gasteiger partial charge in [0.1, 0.15) is 0 Å². The molecule has 554 valence electrons. The summed E-state index contributed by atoms with van der Waals surface area (Å²) in [5.41, 5.74) is 30.0. The van der Waals surface area contributed by atoms with E-state index in [1.165, 1.54) is 112 Å². The molecule has 9 aliphatic rings. The quantitative estimate of drug-likeness (QED) is 0.164. The van der Waals surface area contributed by atoms with Crippen LogP contribution in [-0.2, 0) is 68.6 Å². The number of rotatable bonds is 0. The number of Topliss-reactive ketones (excluding diaryl/α,β-unsaturated/α-hetero) is 1. The van der Waals surface area contributed by atoms with Gasteiger partial charge in [0.15, 0.2) is 5.78 Å².